The Balaban J connectivity index is 1.54. The first kappa shape index (κ1) is 16.7. The molecule has 0 spiro atoms. The van der Waals surface area contributed by atoms with Crippen LogP contribution in [0.25, 0.3) is 0 Å². The van der Waals surface area contributed by atoms with Crippen molar-refractivity contribution in [2.75, 3.05) is 38.2 Å². The van der Waals surface area contributed by atoms with E-state index < -0.39 is 0 Å². The fourth-order valence-corrected chi connectivity index (χ4v) is 3.64. The van der Waals surface area contributed by atoms with Gasteiger partial charge in [0.05, 0.1) is 11.7 Å². The highest BCUT2D eigenvalue weighted by atomic mass is 16.5. The summed E-state index contributed by atoms with van der Waals surface area (Å²) in [4.78, 5) is 21.2. The maximum absolute atomic E-state index is 12.7. The van der Waals surface area contributed by atoms with Gasteiger partial charge in [-0.1, -0.05) is 6.42 Å². The monoisotopic (exact) mass is 328 g/mol. The molecule has 1 amide bonds. The predicted molar refractivity (Wildman–Crippen MR) is 90.5 cm³/mol. The summed E-state index contributed by atoms with van der Waals surface area (Å²) in [6.07, 6.45) is 5.81. The number of methoxy groups -OCH3 is 1. The molecule has 6 heteroatoms. The molecule has 2 unspecified atom stereocenters. The Labute approximate surface area is 143 Å². The van der Waals surface area contributed by atoms with Crippen molar-refractivity contribution in [1.29, 1.82) is 5.26 Å². The van der Waals surface area contributed by atoms with Crippen LogP contribution in [-0.4, -0.2) is 55.2 Å². The van der Waals surface area contributed by atoms with Crippen LogP contribution < -0.4 is 4.90 Å². The molecule has 0 bridgehead atoms. The van der Waals surface area contributed by atoms with Gasteiger partial charge >= 0.3 is 0 Å². The number of carbonyl (C=O) groups is 1. The van der Waals surface area contributed by atoms with Crippen molar-refractivity contribution in [2.24, 2.45) is 5.92 Å². The van der Waals surface area contributed by atoms with E-state index in [2.05, 4.69) is 16.0 Å². The number of nitriles is 1. The molecular formula is C18H24N4O2. The molecule has 3 rings (SSSR count). The molecule has 0 aromatic carbocycles. The molecule has 1 saturated heterocycles. The van der Waals surface area contributed by atoms with E-state index in [0.29, 0.717) is 5.56 Å². The Kier molecular flexibility index (Phi) is 5.31. The molecule has 1 saturated carbocycles. The molecule has 2 fully saturated rings. The lowest BCUT2D eigenvalue weighted by molar-refractivity contribution is -0.138. The van der Waals surface area contributed by atoms with Crippen LogP contribution in [0.4, 0.5) is 5.82 Å². The Hall–Kier alpha value is -2.13. The number of aromatic nitrogens is 1. The van der Waals surface area contributed by atoms with Crippen LogP contribution in [-0.2, 0) is 9.53 Å². The second-order valence-corrected chi connectivity index (χ2v) is 6.55. The summed E-state index contributed by atoms with van der Waals surface area (Å²) in [6, 6.07) is 5.74. The minimum Gasteiger partial charge on any atom is -0.381 e. The van der Waals surface area contributed by atoms with E-state index in [-0.39, 0.29) is 17.9 Å². The first-order chi connectivity index (χ1) is 11.7. The zero-order chi connectivity index (χ0) is 16.9. The summed E-state index contributed by atoms with van der Waals surface area (Å²) in [5, 5.41) is 8.84. The topological polar surface area (TPSA) is 69.5 Å². The number of hydrogen-bond donors (Lipinski definition) is 0. The van der Waals surface area contributed by atoms with Gasteiger partial charge in [-0.3, -0.25) is 4.79 Å². The SMILES string of the molecule is COC1CCCC(C(=O)N2CCN(c3ccc(C#N)cn3)CC2)C1. The lowest BCUT2D eigenvalue weighted by Crippen LogP contribution is -2.51. The van der Waals surface area contributed by atoms with Gasteiger partial charge in [-0.15, -0.1) is 0 Å². The summed E-state index contributed by atoms with van der Waals surface area (Å²) in [5.41, 5.74) is 0.567. The number of hydrogen-bond acceptors (Lipinski definition) is 5. The smallest absolute Gasteiger partial charge is 0.225 e. The van der Waals surface area contributed by atoms with Crippen LogP contribution in [0.1, 0.15) is 31.2 Å². The van der Waals surface area contributed by atoms with Crippen LogP contribution >= 0.6 is 0 Å². The normalized spacial score (nSPS) is 24.5. The Morgan fingerprint density at radius 2 is 2.08 bits per heavy atom. The summed E-state index contributed by atoms with van der Waals surface area (Å²) in [6.45, 7) is 3.03. The molecule has 2 aliphatic rings. The fourth-order valence-electron chi connectivity index (χ4n) is 3.64. The van der Waals surface area contributed by atoms with Gasteiger partial charge in [-0.2, -0.15) is 5.26 Å². The molecule has 128 valence electrons. The van der Waals surface area contributed by atoms with Crippen molar-refractivity contribution >= 4 is 11.7 Å². The van der Waals surface area contributed by atoms with Crippen molar-refractivity contribution in [1.82, 2.24) is 9.88 Å². The van der Waals surface area contributed by atoms with Gasteiger partial charge in [0.15, 0.2) is 0 Å². The highest BCUT2D eigenvalue weighted by molar-refractivity contribution is 5.79. The van der Waals surface area contributed by atoms with Crippen molar-refractivity contribution in [2.45, 2.75) is 31.8 Å². The Bertz CT molecular complexity index is 602. The van der Waals surface area contributed by atoms with Gasteiger partial charge in [0.1, 0.15) is 11.9 Å². The molecule has 1 aliphatic carbocycles. The van der Waals surface area contributed by atoms with E-state index in [9.17, 15) is 4.79 Å². The molecule has 6 nitrogen and oxygen atoms in total. The third-order valence-corrected chi connectivity index (χ3v) is 5.10. The standard InChI is InChI=1S/C18H24N4O2/c1-24-16-4-2-3-15(11-16)18(23)22-9-7-21(8-10-22)17-6-5-14(12-19)13-20-17/h5-6,13,15-16H,2-4,7-11H2,1H3. The van der Waals surface area contributed by atoms with Gasteiger partial charge in [0.2, 0.25) is 5.91 Å². The largest absolute Gasteiger partial charge is 0.381 e. The minimum atomic E-state index is 0.114. The van der Waals surface area contributed by atoms with E-state index in [0.717, 1.165) is 57.7 Å². The van der Waals surface area contributed by atoms with Crippen LogP contribution in [0, 0.1) is 17.2 Å². The third-order valence-electron chi connectivity index (χ3n) is 5.10. The third kappa shape index (κ3) is 3.68. The van der Waals surface area contributed by atoms with Crippen LogP contribution in [0.2, 0.25) is 0 Å². The van der Waals surface area contributed by atoms with E-state index in [1.807, 2.05) is 11.0 Å². The van der Waals surface area contributed by atoms with Gasteiger partial charge in [-0.05, 0) is 31.4 Å². The fraction of sp³-hybridized carbons (Fsp3) is 0.611. The minimum absolute atomic E-state index is 0.114. The number of anilines is 1. The molecule has 1 aromatic heterocycles. The van der Waals surface area contributed by atoms with Gasteiger partial charge in [0.25, 0.3) is 0 Å². The van der Waals surface area contributed by atoms with Gasteiger partial charge < -0.3 is 14.5 Å². The molecule has 2 heterocycles. The number of carbonyl (C=O) groups excluding carboxylic acids is 1. The lowest BCUT2D eigenvalue weighted by atomic mass is 9.86. The predicted octanol–water partition coefficient (Wildman–Crippen LogP) is 1.81. The van der Waals surface area contributed by atoms with Crippen molar-refractivity contribution < 1.29 is 9.53 Å². The summed E-state index contributed by atoms with van der Waals surface area (Å²) in [5.74, 6) is 1.27. The van der Waals surface area contributed by atoms with Crippen LogP contribution in [0.5, 0.6) is 0 Å². The molecular weight excluding hydrogens is 304 g/mol. The molecule has 1 aliphatic heterocycles. The zero-order valence-corrected chi connectivity index (χ0v) is 14.1. The van der Waals surface area contributed by atoms with Crippen LogP contribution in [0.15, 0.2) is 18.3 Å². The molecule has 1 aromatic rings. The highest BCUT2D eigenvalue weighted by Crippen LogP contribution is 2.28. The van der Waals surface area contributed by atoms with Crippen LogP contribution in [0.3, 0.4) is 0 Å². The molecule has 0 radical (unpaired) electrons. The molecule has 24 heavy (non-hydrogen) atoms. The average molecular weight is 328 g/mol. The number of amides is 1. The highest BCUT2D eigenvalue weighted by Gasteiger charge is 2.31. The first-order valence-corrected chi connectivity index (χ1v) is 8.64. The quantitative estimate of drug-likeness (QED) is 0.846. The lowest BCUT2D eigenvalue weighted by Gasteiger charge is -2.38. The molecule has 2 atom stereocenters. The summed E-state index contributed by atoms with van der Waals surface area (Å²) >= 11 is 0. The Morgan fingerprint density at radius 3 is 2.71 bits per heavy atom. The second kappa shape index (κ2) is 7.63. The van der Waals surface area contributed by atoms with E-state index in [4.69, 9.17) is 10.00 Å². The maximum Gasteiger partial charge on any atom is 0.225 e. The number of piperazine rings is 1. The number of nitrogens with zero attached hydrogens (tertiary/aromatic N) is 4. The Morgan fingerprint density at radius 1 is 1.29 bits per heavy atom. The van der Waals surface area contributed by atoms with E-state index in [1.165, 1.54) is 0 Å². The van der Waals surface area contributed by atoms with E-state index >= 15 is 0 Å². The van der Waals surface area contributed by atoms with E-state index in [1.54, 1.807) is 19.4 Å². The maximum atomic E-state index is 12.7. The summed E-state index contributed by atoms with van der Waals surface area (Å²) < 4.78 is 5.44. The first-order valence-electron chi connectivity index (χ1n) is 8.64. The van der Waals surface area contributed by atoms with Crippen molar-refractivity contribution in [3.8, 4) is 6.07 Å². The van der Waals surface area contributed by atoms with Crippen molar-refractivity contribution in [3.05, 3.63) is 23.9 Å². The number of rotatable bonds is 3. The number of pyridine rings is 1. The summed E-state index contributed by atoms with van der Waals surface area (Å²) in [7, 11) is 1.74. The van der Waals surface area contributed by atoms with Crippen molar-refractivity contribution in [3.63, 3.8) is 0 Å². The van der Waals surface area contributed by atoms with Gasteiger partial charge in [-0.25, -0.2) is 4.98 Å². The molecule has 0 N–H and O–H groups in total. The average Bonchev–Trinajstić information content (AvgIpc) is 2.67. The van der Waals surface area contributed by atoms with Gasteiger partial charge in [0, 0.05) is 45.4 Å². The second-order valence-electron chi connectivity index (χ2n) is 6.55. The zero-order valence-electron chi connectivity index (χ0n) is 14.1. The number of ether oxygens (including phenoxy) is 1.